The third kappa shape index (κ3) is 3.05. The van der Waals surface area contributed by atoms with Crippen LogP contribution in [-0.2, 0) is 0 Å². The van der Waals surface area contributed by atoms with Crippen molar-refractivity contribution in [1.82, 2.24) is 0 Å². The molecule has 104 valence electrons. The molecule has 3 nitrogen and oxygen atoms in total. The van der Waals surface area contributed by atoms with Gasteiger partial charge in [-0.2, -0.15) is 0 Å². The minimum absolute atomic E-state index is 0.122. The van der Waals surface area contributed by atoms with E-state index in [4.69, 9.17) is 4.42 Å². The number of rotatable bonds is 4. The van der Waals surface area contributed by atoms with E-state index < -0.39 is 0 Å². The summed E-state index contributed by atoms with van der Waals surface area (Å²) in [5, 5.41) is 0. The maximum absolute atomic E-state index is 12.2. The van der Waals surface area contributed by atoms with Gasteiger partial charge in [-0.25, -0.2) is 0 Å². The SMILES string of the molecule is Cc1cc(C)cc(C(=O)CC(=O)c2cc(C)oc2C)c1. The minimum Gasteiger partial charge on any atom is -0.466 e. The van der Waals surface area contributed by atoms with Crippen LogP contribution in [0.3, 0.4) is 0 Å². The summed E-state index contributed by atoms with van der Waals surface area (Å²) in [6, 6.07) is 7.32. The van der Waals surface area contributed by atoms with Crippen molar-refractivity contribution in [1.29, 1.82) is 0 Å². The lowest BCUT2D eigenvalue weighted by molar-refractivity contribution is 0.0893. The molecule has 0 N–H and O–H groups in total. The summed E-state index contributed by atoms with van der Waals surface area (Å²) in [5.74, 6) is 0.911. The second kappa shape index (κ2) is 5.45. The number of carbonyl (C=O) groups excluding carboxylic acids is 2. The van der Waals surface area contributed by atoms with Gasteiger partial charge in [-0.3, -0.25) is 9.59 Å². The summed E-state index contributed by atoms with van der Waals surface area (Å²) in [6.07, 6.45) is -0.122. The normalized spacial score (nSPS) is 10.6. The zero-order valence-electron chi connectivity index (χ0n) is 12.2. The molecule has 0 aliphatic heterocycles. The number of furan rings is 1. The van der Waals surface area contributed by atoms with Crippen molar-refractivity contribution in [3.63, 3.8) is 0 Å². The average molecular weight is 270 g/mol. The predicted molar refractivity (Wildman–Crippen MR) is 77.4 cm³/mol. The summed E-state index contributed by atoms with van der Waals surface area (Å²) in [7, 11) is 0. The molecule has 0 amide bonds. The molecule has 0 atom stereocenters. The van der Waals surface area contributed by atoms with Gasteiger partial charge in [-0.1, -0.05) is 17.2 Å². The van der Waals surface area contributed by atoms with Crippen LogP contribution in [-0.4, -0.2) is 11.6 Å². The summed E-state index contributed by atoms with van der Waals surface area (Å²) in [4.78, 5) is 24.4. The fourth-order valence-corrected chi connectivity index (χ4v) is 2.39. The molecule has 0 saturated heterocycles. The Bertz CT molecular complexity index is 657. The molecule has 0 bridgehead atoms. The highest BCUT2D eigenvalue weighted by Crippen LogP contribution is 2.18. The van der Waals surface area contributed by atoms with Gasteiger partial charge in [0.2, 0.25) is 0 Å². The molecule has 0 unspecified atom stereocenters. The standard InChI is InChI=1S/C17H18O3/c1-10-5-11(2)7-14(6-10)16(18)9-17(19)15-8-12(3)20-13(15)4/h5-8H,9H2,1-4H3. The highest BCUT2D eigenvalue weighted by atomic mass is 16.3. The fraction of sp³-hybridized carbons (Fsp3) is 0.294. The molecule has 0 saturated carbocycles. The van der Waals surface area contributed by atoms with Gasteiger partial charge in [0, 0.05) is 5.56 Å². The third-order valence-electron chi connectivity index (χ3n) is 3.21. The smallest absolute Gasteiger partial charge is 0.174 e. The monoisotopic (exact) mass is 270 g/mol. The number of carbonyl (C=O) groups is 2. The zero-order chi connectivity index (χ0) is 14.9. The molecule has 1 heterocycles. The van der Waals surface area contributed by atoms with Crippen LogP contribution in [0.5, 0.6) is 0 Å². The molecule has 0 aliphatic carbocycles. The van der Waals surface area contributed by atoms with E-state index in [1.807, 2.05) is 32.0 Å². The maximum atomic E-state index is 12.2. The lowest BCUT2D eigenvalue weighted by Gasteiger charge is -2.04. The van der Waals surface area contributed by atoms with E-state index in [9.17, 15) is 9.59 Å². The predicted octanol–water partition coefficient (Wildman–Crippen LogP) is 3.97. The van der Waals surface area contributed by atoms with Crippen molar-refractivity contribution in [2.75, 3.05) is 0 Å². The first-order valence-corrected chi connectivity index (χ1v) is 6.58. The van der Waals surface area contributed by atoms with E-state index >= 15 is 0 Å². The average Bonchev–Trinajstić information content (AvgIpc) is 2.67. The Morgan fingerprint density at radius 2 is 1.50 bits per heavy atom. The van der Waals surface area contributed by atoms with Gasteiger partial charge in [-0.05, 0) is 45.9 Å². The van der Waals surface area contributed by atoms with Gasteiger partial charge in [0.1, 0.15) is 11.5 Å². The Morgan fingerprint density at radius 3 is 2.00 bits per heavy atom. The van der Waals surface area contributed by atoms with Crippen molar-refractivity contribution >= 4 is 11.6 Å². The molecule has 1 aromatic heterocycles. The van der Waals surface area contributed by atoms with Crippen LogP contribution in [0, 0.1) is 27.7 Å². The molecular formula is C17H18O3. The second-order valence-electron chi connectivity index (χ2n) is 5.23. The van der Waals surface area contributed by atoms with Crippen molar-refractivity contribution < 1.29 is 14.0 Å². The Balaban J connectivity index is 2.19. The number of aryl methyl sites for hydroxylation is 4. The van der Waals surface area contributed by atoms with Gasteiger partial charge in [0.15, 0.2) is 11.6 Å². The van der Waals surface area contributed by atoms with Gasteiger partial charge < -0.3 is 4.42 Å². The lowest BCUT2D eigenvalue weighted by Crippen LogP contribution is -2.09. The minimum atomic E-state index is -0.191. The van der Waals surface area contributed by atoms with Gasteiger partial charge >= 0.3 is 0 Å². The molecule has 1 aromatic carbocycles. The van der Waals surface area contributed by atoms with Crippen molar-refractivity contribution in [3.05, 3.63) is 58.0 Å². The third-order valence-corrected chi connectivity index (χ3v) is 3.21. The maximum Gasteiger partial charge on any atom is 0.174 e. The first-order valence-electron chi connectivity index (χ1n) is 6.58. The van der Waals surface area contributed by atoms with Crippen LogP contribution in [0.1, 0.15) is 49.8 Å². The van der Waals surface area contributed by atoms with E-state index in [1.165, 1.54) is 0 Å². The van der Waals surface area contributed by atoms with E-state index in [0.717, 1.165) is 11.1 Å². The Hall–Kier alpha value is -2.16. The molecule has 0 spiro atoms. The van der Waals surface area contributed by atoms with E-state index in [2.05, 4.69) is 0 Å². The number of Topliss-reactive ketones (excluding diaryl/α,β-unsaturated/α-hetero) is 2. The van der Waals surface area contributed by atoms with Gasteiger partial charge in [0.05, 0.1) is 12.0 Å². The Morgan fingerprint density at radius 1 is 0.900 bits per heavy atom. The number of ketones is 2. The van der Waals surface area contributed by atoms with Crippen molar-refractivity contribution in [2.45, 2.75) is 34.1 Å². The fourth-order valence-electron chi connectivity index (χ4n) is 2.39. The lowest BCUT2D eigenvalue weighted by atomic mass is 9.99. The van der Waals surface area contributed by atoms with Crippen LogP contribution in [0.2, 0.25) is 0 Å². The molecule has 0 fully saturated rings. The molecule has 2 rings (SSSR count). The van der Waals surface area contributed by atoms with Crippen LogP contribution in [0.4, 0.5) is 0 Å². The summed E-state index contributed by atoms with van der Waals surface area (Å²) < 4.78 is 5.33. The van der Waals surface area contributed by atoms with E-state index in [-0.39, 0.29) is 18.0 Å². The first kappa shape index (κ1) is 14.3. The molecule has 3 heteroatoms. The Kier molecular flexibility index (Phi) is 3.89. The first-order chi connectivity index (χ1) is 9.36. The molecule has 20 heavy (non-hydrogen) atoms. The molecule has 2 aromatic rings. The highest BCUT2D eigenvalue weighted by Gasteiger charge is 2.18. The quantitative estimate of drug-likeness (QED) is 0.624. The number of benzene rings is 1. The van der Waals surface area contributed by atoms with Crippen molar-refractivity contribution in [2.24, 2.45) is 0 Å². The van der Waals surface area contributed by atoms with E-state index in [0.29, 0.717) is 22.6 Å². The van der Waals surface area contributed by atoms with Gasteiger partial charge in [-0.15, -0.1) is 0 Å². The molecule has 0 aliphatic rings. The molecule has 0 radical (unpaired) electrons. The number of hydrogen-bond donors (Lipinski definition) is 0. The van der Waals surface area contributed by atoms with Crippen LogP contribution in [0.15, 0.2) is 28.7 Å². The van der Waals surface area contributed by atoms with Crippen molar-refractivity contribution in [3.8, 4) is 0 Å². The zero-order valence-corrected chi connectivity index (χ0v) is 12.2. The topological polar surface area (TPSA) is 47.3 Å². The van der Waals surface area contributed by atoms with Crippen LogP contribution in [0.25, 0.3) is 0 Å². The second-order valence-corrected chi connectivity index (χ2v) is 5.23. The Labute approximate surface area is 118 Å². The summed E-state index contributed by atoms with van der Waals surface area (Å²) >= 11 is 0. The summed E-state index contributed by atoms with van der Waals surface area (Å²) in [5.41, 5.74) is 3.14. The van der Waals surface area contributed by atoms with Crippen LogP contribution < -0.4 is 0 Å². The van der Waals surface area contributed by atoms with E-state index in [1.54, 1.807) is 19.9 Å². The summed E-state index contributed by atoms with van der Waals surface area (Å²) in [6.45, 7) is 7.40. The highest BCUT2D eigenvalue weighted by molar-refractivity contribution is 6.14. The largest absolute Gasteiger partial charge is 0.466 e. The molecular weight excluding hydrogens is 252 g/mol. The number of hydrogen-bond acceptors (Lipinski definition) is 3. The van der Waals surface area contributed by atoms with Gasteiger partial charge in [0.25, 0.3) is 0 Å². The van der Waals surface area contributed by atoms with Crippen LogP contribution >= 0.6 is 0 Å².